The fourth-order valence-electron chi connectivity index (χ4n) is 1.38. The van der Waals surface area contributed by atoms with E-state index in [1.807, 2.05) is 6.92 Å². The maximum atomic E-state index is 10.4. The van der Waals surface area contributed by atoms with Gasteiger partial charge >= 0.3 is 0 Å². The molecule has 1 aliphatic rings. The van der Waals surface area contributed by atoms with E-state index in [9.17, 15) is 9.90 Å². The molecule has 3 atom stereocenters. The van der Waals surface area contributed by atoms with Gasteiger partial charge in [0.05, 0.1) is 24.8 Å². The van der Waals surface area contributed by atoms with E-state index in [0.717, 1.165) is 0 Å². The minimum atomic E-state index is -1.15. The number of aliphatic carboxylic acids is 1. The lowest BCUT2D eigenvalue weighted by Crippen LogP contribution is -2.46. The van der Waals surface area contributed by atoms with Crippen molar-refractivity contribution in [2.75, 3.05) is 13.7 Å². The number of carboxylic acid groups (broad SMARTS) is 1. The van der Waals surface area contributed by atoms with Crippen molar-refractivity contribution in [1.29, 1.82) is 0 Å². The van der Waals surface area contributed by atoms with Gasteiger partial charge in [0.25, 0.3) is 0 Å². The smallest absolute Gasteiger partial charge is 0.0993 e. The summed E-state index contributed by atoms with van der Waals surface area (Å²) in [6, 6.07) is 0. The van der Waals surface area contributed by atoms with Crippen LogP contribution >= 0.6 is 0 Å². The minimum absolute atomic E-state index is 0.0263. The Morgan fingerprint density at radius 1 is 1.67 bits per heavy atom. The van der Waals surface area contributed by atoms with E-state index >= 15 is 0 Å². The van der Waals surface area contributed by atoms with E-state index in [1.54, 1.807) is 7.11 Å². The fourth-order valence-corrected chi connectivity index (χ4v) is 1.38. The quantitative estimate of drug-likeness (QED) is 0.547. The molecule has 0 aliphatic carbocycles. The highest BCUT2D eigenvalue weighted by Crippen LogP contribution is 2.21. The minimum Gasteiger partial charge on any atom is -0.547 e. The van der Waals surface area contributed by atoms with Crippen molar-refractivity contribution >= 4 is 5.97 Å². The lowest BCUT2D eigenvalue weighted by atomic mass is 9.97. The van der Waals surface area contributed by atoms with Crippen LogP contribution in [0.2, 0.25) is 0 Å². The second-order valence-electron chi connectivity index (χ2n) is 3.13. The molecule has 0 aromatic heterocycles. The summed E-state index contributed by atoms with van der Waals surface area (Å²) < 4.78 is 10.2. The van der Waals surface area contributed by atoms with Crippen LogP contribution in [0.4, 0.5) is 0 Å². The molecule has 1 aliphatic heterocycles. The summed E-state index contributed by atoms with van der Waals surface area (Å²) in [5.74, 6) is -0.894. The van der Waals surface area contributed by atoms with Gasteiger partial charge in [-0.1, -0.05) is 6.92 Å². The molecule has 1 rings (SSSR count). The van der Waals surface area contributed by atoms with Crippen LogP contribution in [-0.2, 0) is 14.3 Å². The Labute approximate surface area is 71.5 Å². The largest absolute Gasteiger partial charge is 0.547 e. The van der Waals surface area contributed by atoms with Crippen molar-refractivity contribution in [3.63, 3.8) is 0 Å². The molecule has 0 radical (unpaired) electrons. The lowest BCUT2D eigenvalue weighted by molar-refractivity contribution is -0.320. The maximum Gasteiger partial charge on any atom is 0.0993 e. The molecular formula is C8H13O4-. The molecule has 0 aromatic carbocycles. The number of hydrogen-bond acceptors (Lipinski definition) is 4. The average Bonchev–Trinajstić information content (AvgIpc) is 2.05. The summed E-state index contributed by atoms with van der Waals surface area (Å²) in [5.41, 5.74) is 0. The van der Waals surface area contributed by atoms with Crippen molar-refractivity contribution in [2.45, 2.75) is 25.6 Å². The number of carbonyl (C=O) groups excluding carboxylic acids is 1. The highest BCUT2D eigenvalue weighted by atomic mass is 16.5. The van der Waals surface area contributed by atoms with E-state index in [0.29, 0.717) is 13.0 Å². The van der Waals surface area contributed by atoms with Crippen molar-refractivity contribution < 1.29 is 19.4 Å². The van der Waals surface area contributed by atoms with E-state index in [2.05, 4.69) is 0 Å². The van der Waals surface area contributed by atoms with Crippen LogP contribution in [0.1, 0.15) is 13.3 Å². The molecule has 1 saturated heterocycles. The normalized spacial score (nSPS) is 36.3. The molecule has 4 nitrogen and oxygen atoms in total. The van der Waals surface area contributed by atoms with Gasteiger partial charge < -0.3 is 19.4 Å². The van der Waals surface area contributed by atoms with Gasteiger partial charge in [-0.05, 0) is 0 Å². The van der Waals surface area contributed by atoms with E-state index in [4.69, 9.17) is 9.47 Å². The third-order valence-corrected chi connectivity index (χ3v) is 2.21. The van der Waals surface area contributed by atoms with Gasteiger partial charge in [-0.25, -0.2) is 0 Å². The predicted octanol–water partition coefficient (Wildman–Crippen LogP) is -0.824. The number of hydrogen-bond donors (Lipinski definition) is 0. The van der Waals surface area contributed by atoms with Crippen LogP contribution in [0.3, 0.4) is 0 Å². The second kappa shape index (κ2) is 3.87. The molecule has 0 N–H and O–H groups in total. The zero-order chi connectivity index (χ0) is 9.14. The number of carboxylic acids is 1. The summed E-state index contributed by atoms with van der Waals surface area (Å²) in [7, 11) is 1.58. The molecule has 12 heavy (non-hydrogen) atoms. The van der Waals surface area contributed by atoms with Gasteiger partial charge in [-0.15, -0.1) is 0 Å². The third kappa shape index (κ3) is 1.95. The van der Waals surface area contributed by atoms with E-state index in [-0.39, 0.29) is 12.0 Å². The SMILES string of the molecule is CO[C@H]1CC(C(=O)[O-])OCC1C. The Morgan fingerprint density at radius 3 is 2.83 bits per heavy atom. The van der Waals surface area contributed by atoms with Crippen LogP contribution in [0.25, 0.3) is 0 Å². The van der Waals surface area contributed by atoms with Gasteiger partial charge in [0.2, 0.25) is 0 Å². The highest BCUT2D eigenvalue weighted by Gasteiger charge is 2.28. The van der Waals surface area contributed by atoms with Gasteiger partial charge in [-0.3, -0.25) is 0 Å². The topological polar surface area (TPSA) is 58.6 Å². The molecule has 2 unspecified atom stereocenters. The van der Waals surface area contributed by atoms with Crippen molar-refractivity contribution in [3.05, 3.63) is 0 Å². The zero-order valence-electron chi connectivity index (χ0n) is 7.28. The van der Waals surface area contributed by atoms with Crippen LogP contribution in [0, 0.1) is 5.92 Å². The molecule has 1 heterocycles. The summed E-state index contributed by atoms with van der Waals surface area (Å²) in [5, 5.41) is 10.4. The van der Waals surface area contributed by atoms with Gasteiger partial charge in [0.15, 0.2) is 0 Å². The van der Waals surface area contributed by atoms with E-state index < -0.39 is 12.1 Å². The number of methoxy groups -OCH3 is 1. The molecular weight excluding hydrogens is 160 g/mol. The molecule has 4 heteroatoms. The number of carbonyl (C=O) groups is 1. The van der Waals surface area contributed by atoms with Crippen molar-refractivity contribution in [2.24, 2.45) is 5.92 Å². The Morgan fingerprint density at radius 2 is 2.33 bits per heavy atom. The summed E-state index contributed by atoms with van der Waals surface area (Å²) >= 11 is 0. The summed E-state index contributed by atoms with van der Waals surface area (Å²) in [6.45, 7) is 2.40. The highest BCUT2D eigenvalue weighted by molar-refractivity contribution is 5.70. The molecule has 0 bridgehead atoms. The first-order valence-electron chi connectivity index (χ1n) is 4.00. The van der Waals surface area contributed by atoms with Crippen LogP contribution in [0.5, 0.6) is 0 Å². The van der Waals surface area contributed by atoms with E-state index in [1.165, 1.54) is 0 Å². The van der Waals surface area contributed by atoms with Gasteiger partial charge in [0, 0.05) is 19.4 Å². The Balaban J connectivity index is 2.49. The lowest BCUT2D eigenvalue weighted by Gasteiger charge is -2.33. The van der Waals surface area contributed by atoms with Crippen LogP contribution in [0.15, 0.2) is 0 Å². The monoisotopic (exact) mass is 173 g/mol. The number of ether oxygens (including phenoxy) is 2. The third-order valence-electron chi connectivity index (χ3n) is 2.21. The fraction of sp³-hybridized carbons (Fsp3) is 0.875. The summed E-state index contributed by atoms with van der Waals surface area (Å²) in [6.07, 6.45) is -0.437. The Hall–Kier alpha value is -0.610. The summed E-state index contributed by atoms with van der Waals surface area (Å²) in [4.78, 5) is 10.4. The standard InChI is InChI=1S/C8H14O4/c1-5-4-12-7(8(9)10)3-6(5)11-2/h5-7H,3-4H2,1-2H3,(H,9,10)/p-1/t5?,6-,7?/m0/s1. The van der Waals surface area contributed by atoms with Gasteiger partial charge in [0.1, 0.15) is 0 Å². The zero-order valence-corrected chi connectivity index (χ0v) is 7.28. The Kier molecular flexibility index (Phi) is 3.05. The van der Waals surface area contributed by atoms with Crippen molar-refractivity contribution in [3.8, 4) is 0 Å². The first kappa shape index (κ1) is 9.48. The molecule has 0 spiro atoms. The van der Waals surface area contributed by atoms with Crippen molar-refractivity contribution in [1.82, 2.24) is 0 Å². The van der Waals surface area contributed by atoms with Crippen LogP contribution < -0.4 is 5.11 Å². The molecule has 0 aromatic rings. The number of rotatable bonds is 2. The van der Waals surface area contributed by atoms with Gasteiger partial charge in [-0.2, -0.15) is 0 Å². The maximum absolute atomic E-state index is 10.4. The molecule has 70 valence electrons. The molecule has 1 fully saturated rings. The second-order valence-corrected chi connectivity index (χ2v) is 3.13. The first-order chi connectivity index (χ1) is 5.65. The van der Waals surface area contributed by atoms with Crippen LogP contribution in [-0.4, -0.2) is 31.9 Å². The average molecular weight is 173 g/mol. The Bertz CT molecular complexity index is 168. The predicted molar refractivity (Wildman–Crippen MR) is 39.3 cm³/mol. The first-order valence-corrected chi connectivity index (χ1v) is 4.00. The molecule has 0 amide bonds. The molecule has 0 saturated carbocycles.